The summed E-state index contributed by atoms with van der Waals surface area (Å²) in [6, 6.07) is 7.02. The molecule has 0 radical (unpaired) electrons. The van der Waals surface area contributed by atoms with Gasteiger partial charge in [0.1, 0.15) is 5.75 Å². The molecular weight excluding hydrogens is 294 g/mol. The van der Waals surface area contributed by atoms with Gasteiger partial charge in [0.25, 0.3) is 5.91 Å². The van der Waals surface area contributed by atoms with Crippen LogP contribution in [0.4, 0.5) is 0 Å². The molecule has 1 aromatic carbocycles. The highest BCUT2D eigenvalue weighted by molar-refractivity contribution is 5.94. The number of amides is 1. The maximum atomic E-state index is 12.7. The normalized spacial score (nSPS) is 11.7. The second-order valence-corrected chi connectivity index (χ2v) is 5.61. The van der Waals surface area contributed by atoms with Crippen LogP contribution in [0, 0.1) is 5.92 Å². The summed E-state index contributed by atoms with van der Waals surface area (Å²) in [5, 5.41) is 0. The molecule has 0 heterocycles. The van der Waals surface area contributed by atoms with E-state index in [-0.39, 0.29) is 17.8 Å². The van der Waals surface area contributed by atoms with Gasteiger partial charge in [0.05, 0.1) is 20.1 Å². The standard InChI is InChI=1S/C18H27NO4/c1-5-6-7-12-19(13-14(2)18(21)23-4)17(20)15-8-10-16(22-3)11-9-15/h8-11,14H,5-7,12-13H2,1-4H3. The SMILES string of the molecule is CCCCCN(CC(C)C(=O)OC)C(=O)c1ccc(OC)cc1. The van der Waals surface area contributed by atoms with Crippen LogP contribution >= 0.6 is 0 Å². The average Bonchev–Trinajstić information content (AvgIpc) is 2.59. The fourth-order valence-corrected chi connectivity index (χ4v) is 2.35. The van der Waals surface area contributed by atoms with Crippen molar-refractivity contribution in [2.24, 2.45) is 5.92 Å². The Balaban J connectivity index is 2.83. The van der Waals surface area contributed by atoms with Crippen LogP contribution in [-0.4, -0.2) is 44.1 Å². The molecule has 0 bridgehead atoms. The van der Waals surface area contributed by atoms with E-state index in [9.17, 15) is 9.59 Å². The average molecular weight is 321 g/mol. The highest BCUT2D eigenvalue weighted by Crippen LogP contribution is 2.15. The Morgan fingerprint density at radius 1 is 1.13 bits per heavy atom. The van der Waals surface area contributed by atoms with Gasteiger partial charge in [0.2, 0.25) is 0 Å². The Kier molecular flexibility index (Phi) is 8.16. The third-order valence-corrected chi connectivity index (χ3v) is 3.75. The van der Waals surface area contributed by atoms with Crippen LogP contribution in [0.3, 0.4) is 0 Å². The number of hydrogen-bond acceptors (Lipinski definition) is 4. The lowest BCUT2D eigenvalue weighted by atomic mass is 10.1. The molecule has 23 heavy (non-hydrogen) atoms. The molecule has 0 aliphatic carbocycles. The summed E-state index contributed by atoms with van der Waals surface area (Å²) in [5.41, 5.74) is 0.597. The molecule has 1 amide bonds. The van der Waals surface area contributed by atoms with Gasteiger partial charge in [-0.05, 0) is 30.7 Å². The maximum absolute atomic E-state index is 12.7. The van der Waals surface area contributed by atoms with Crippen molar-refractivity contribution < 1.29 is 19.1 Å². The Hall–Kier alpha value is -2.04. The first-order valence-electron chi connectivity index (χ1n) is 8.04. The van der Waals surface area contributed by atoms with E-state index < -0.39 is 0 Å². The lowest BCUT2D eigenvalue weighted by Gasteiger charge is -2.25. The first kappa shape index (κ1) is 19.0. The zero-order valence-corrected chi connectivity index (χ0v) is 14.5. The minimum atomic E-state index is -0.344. The topological polar surface area (TPSA) is 55.8 Å². The highest BCUT2D eigenvalue weighted by Gasteiger charge is 2.22. The second kappa shape index (κ2) is 9.87. The molecule has 1 rings (SSSR count). The van der Waals surface area contributed by atoms with Gasteiger partial charge in [-0.3, -0.25) is 9.59 Å². The summed E-state index contributed by atoms with van der Waals surface area (Å²) < 4.78 is 9.87. The van der Waals surface area contributed by atoms with Crippen LogP contribution in [-0.2, 0) is 9.53 Å². The van der Waals surface area contributed by atoms with Gasteiger partial charge in [-0.25, -0.2) is 0 Å². The molecule has 0 fully saturated rings. The number of nitrogens with zero attached hydrogens (tertiary/aromatic N) is 1. The first-order chi connectivity index (χ1) is 11.0. The molecule has 0 spiro atoms. The van der Waals surface area contributed by atoms with Crippen LogP contribution < -0.4 is 4.74 Å². The molecular formula is C18H27NO4. The van der Waals surface area contributed by atoms with Gasteiger partial charge >= 0.3 is 5.97 Å². The van der Waals surface area contributed by atoms with Crippen molar-refractivity contribution in [3.63, 3.8) is 0 Å². The van der Waals surface area contributed by atoms with Gasteiger partial charge in [0.15, 0.2) is 0 Å². The largest absolute Gasteiger partial charge is 0.497 e. The molecule has 0 saturated heterocycles. The van der Waals surface area contributed by atoms with Crippen molar-refractivity contribution in [2.75, 3.05) is 27.3 Å². The molecule has 1 unspecified atom stereocenters. The predicted octanol–water partition coefficient (Wildman–Crippen LogP) is 3.14. The molecule has 0 aromatic heterocycles. The quantitative estimate of drug-likeness (QED) is 0.518. The van der Waals surface area contributed by atoms with Gasteiger partial charge < -0.3 is 14.4 Å². The molecule has 0 aliphatic heterocycles. The number of carbonyl (C=O) groups excluding carboxylic acids is 2. The summed E-state index contributed by atoms with van der Waals surface area (Å²) in [4.78, 5) is 26.1. The molecule has 0 aliphatic rings. The predicted molar refractivity (Wildman–Crippen MR) is 89.6 cm³/mol. The number of carbonyl (C=O) groups is 2. The van der Waals surface area contributed by atoms with Gasteiger partial charge in [-0.1, -0.05) is 26.7 Å². The monoisotopic (exact) mass is 321 g/mol. The van der Waals surface area contributed by atoms with E-state index in [4.69, 9.17) is 9.47 Å². The number of rotatable bonds is 9. The second-order valence-electron chi connectivity index (χ2n) is 5.61. The number of benzene rings is 1. The summed E-state index contributed by atoms with van der Waals surface area (Å²) in [6.45, 7) is 4.90. The minimum absolute atomic E-state index is 0.0699. The van der Waals surface area contributed by atoms with Crippen molar-refractivity contribution in [1.29, 1.82) is 0 Å². The summed E-state index contributed by atoms with van der Waals surface area (Å²) in [7, 11) is 2.96. The van der Waals surface area contributed by atoms with Crippen molar-refractivity contribution in [3.05, 3.63) is 29.8 Å². The van der Waals surface area contributed by atoms with E-state index in [0.717, 1.165) is 19.3 Å². The van der Waals surface area contributed by atoms with Crippen LogP contribution in [0.5, 0.6) is 5.75 Å². The molecule has 5 nitrogen and oxygen atoms in total. The Morgan fingerprint density at radius 3 is 2.30 bits per heavy atom. The fourth-order valence-electron chi connectivity index (χ4n) is 2.35. The number of unbranched alkanes of at least 4 members (excludes halogenated alkanes) is 2. The Morgan fingerprint density at radius 2 is 1.78 bits per heavy atom. The summed E-state index contributed by atoms with van der Waals surface area (Å²) >= 11 is 0. The van der Waals surface area contributed by atoms with Crippen molar-refractivity contribution >= 4 is 11.9 Å². The zero-order valence-electron chi connectivity index (χ0n) is 14.5. The molecule has 5 heteroatoms. The van der Waals surface area contributed by atoms with Crippen LogP contribution in [0.15, 0.2) is 24.3 Å². The zero-order chi connectivity index (χ0) is 17.2. The summed E-state index contributed by atoms with van der Waals surface area (Å²) in [6.07, 6.45) is 3.06. The fraction of sp³-hybridized carbons (Fsp3) is 0.556. The van der Waals surface area contributed by atoms with E-state index in [2.05, 4.69) is 6.92 Å². The number of hydrogen-bond donors (Lipinski definition) is 0. The minimum Gasteiger partial charge on any atom is -0.497 e. The van der Waals surface area contributed by atoms with Gasteiger partial charge in [0, 0.05) is 18.7 Å². The van der Waals surface area contributed by atoms with Crippen LogP contribution in [0.2, 0.25) is 0 Å². The van der Waals surface area contributed by atoms with Crippen LogP contribution in [0.1, 0.15) is 43.5 Å². The van der Waals surface area contributed by atoms with E-state index in [1.807, 2.05) is 0 Å². The van der Waals surface area contributed by atoms with Crippen molar-refractivity contribution in [2.45, 2.75) is 33.1 Å². The molecule has 128 valence electrons. The van der Waals surface area contributed by atoms with Crippen molar-refractivity contribution in [1.82, 2.24) is 4.90 Å². The first-order valence-corrected chi connectivity index (χ1v) is 8.04. The Labute approximate surface area is 138 Å². The lowest BCUT2D eigenvalue weighted by Crippen LogP contribution is -2.38. The lowest BCUT2D eigenvalue weighted by molar-refractivity contribution is -0.145. The van der Waals surface area contributed by atoms with Gasteiger partial charge in [-0.15, -0.1) is 0 Å². The Bertz CT molecular complexity index is 498. The van der Waals surface area contributed by atoms with E-state index in [1.54, 1.807) is 43.2 Å². The molecule has 0 N–H and O–H groups in total. The number of esters is 1. The van der Waals surface area contributed by atoms with Crippen LogP contribution in [0.25, 0.3) is 0 Å². The van der Waals surface area contributed by atoms with Crippen molar-refractivity contribution in [3.8, 4) is 5.75 Å². The third kappa shape index (κ3) is 5.93. The number of ether oxygens (including phenoxy) is 2. The summed E-state index contributed by atoms with van der Waals surface area (Å²) in [5.74, 6) is -0.00151. The smallest absolute Gasteiger partial charge is 0.310 e. The molecule has 1 aromatic rings. The molecule has 0 saturated carbocycles. The van der Waals surface area contributed by atoms with E-state index in [0.29, 0.717) is 24.4 Å². The third-order valence-electron chi connectivity index (χ3n) is 3.75. The molecule has 1 atom stereocenters. The highest BCUT2D eigenvalue weighted by atomic mass is 16.5. The number of methoxy groups -OCH3 is 2. The van der Waals surface area contributed by atoms with E-state index in [1.165, 1.54) is 7.11 Å². The van der Waals surface area contributed by atoms with Gasteiger partial charge in [-0.2, -0.15) is 0 Å². The maximum Gasteiger partial charge on any atom is 0.310 e. The van der Waals surface area contributed by atoms with E-state index >= 15 is 0 Å².